The predicted molar refractivity (Wildman–Crippen MR) is 95.7 cm³/mol. The summed E-state index contributed by atoms with van der Waals surface area (Å²) in [6.07, 6.45) is 4.30. The molecular weight excluding hydrogens is 314 g/mol. The quantitative estimate of drug-likeness (QED) is 0.904. The van der Waals surface area contributed by atoms with Crippen molar-refractivity contribution in [1.29, 1.82) is 0 Å². The van der Waals surface area contributed by atoms with Crippen molar-refractivity contribution in [2.24, 2.45) is 17.6 Å². The Morgan fingerprint density at radius 1 is 1.08 bits per heavy atom. The van der Waals surface area contributed by atoms with Gasteiger partial charge >= 0.3 is 0 Å². The van der Waals surface area contributed by atoms with Gasteiger partial charge in [-0.2, -0.15) is 0 Å². The Morgan fingerprint density at radius 2 is 1.88 bits per heavy atom. The number of carbonyl (C=O) groups is 2. The zero-order valence-corrected chi connectivity index (χ0v) is 14.6. The molecule has 0 radical (unpaired) electrons. The van der Waals surface area contributed by atoms with E-state index in [1.807, 2.05) is 40.1 Å². The molecule has 0 spiro atoms. The Bertz CT molecular complexity index is 648. The van der Waals surface area contributed by atoms with Crippen LogP contribution in [0.3, 0.4) is 0 Å². The van der Waals surface area contributed by atoms with E-state index in [1.54, 1.807) is 0 Å². The molecule has 2 heterocycles. The van der Waals surface area contributed by atoms with Crippen molar-refractivity contribution in [3.05, 3.63) is 35.9 Å². The highest BCUT2D eigenvalue weighted by Crippen LogP contribution is 2.38. The molecule has 3 fully saturated rings. The van der Waals surface area contributed by atoms with Crippen molar-refractivity contribution in [3.63, 3.8) is 0 Å². The Morgan fingerprint density at radius 3 is 2.64 bits per heavy atom. The first-order chi connectivity index (χ1) is 12.1. The minimum absolute atomic E-state index is 0.0677. The number of nitrogens with zero attached hydrogens (tertiary/aromatic N) is 2. The second-order valence-corrected chi connectivity index (χ2v) is 7.82. The average Bonchev–Trinajstić information content (AvgIpc) is 3.32. The second-order valence-electron chi connectivity index (χ2n) is 7.82. The summed E-state index contributed by atoms with van der Waals surface area (Å²) in [6.45, 7) is 2.30. The Kier molecular flexibility index (Phi) is 4.50. The molecule has 2 aliphatic heterocycles. The van der Waals surface area contributed by atoms with Crippen LogP contribution in [0.5, 0.6) is 0 Å². The van der Waals surface area contributed by atoms with E-state index >= 15 is 0 Å². The summed E-state index contributed by atoms with van der Waals surface area (Å²) in [6, 6.07) is 9.74. The van der Waals surface area contributed by atoms with Gasteiger partial charge in [-0.05, 0) is 43.1 Å². The first-order valence-corrected chi connectivity index (χ1v) is 9.51. The molecule has 1 aromatic rings. The standard InChI is InChI=1S/C20H27N3O2/c21-17-9-8-15-12-22(13-16(15)17)20(25)18-7-4-10-23(18)19(24)11-14-5-2-1-3-6-14/h1-3,5-6,15-18H,4,7-13,21H2. The predicted octanol–water partition coefficient (Wildman–Crippen LogP) is 1.42. The summed E-state index contributed by atoms with van der Waals surface area (Å²) in [5, 5.41) is 0. The summed E-state index contributed by atoms with van der Waals surface area (Å²) in [4.78, 5) is 29.6. The molecule has 4 rings (SSSR count). The molecule has 5 nitrogen and oxygen atoms in total. The minimum Gasteiger partial charge on any atom is -0.340 e. The van der Waals surface area contributed by atoms with Crippen LogP contribution in [0.4, 0.5) is 0 Å². The van der Waals surface area contributed by atoms with Gasteiger partial charge in [0.05, 0.1) is 6.42 Å². The van der Waals surface area contributed by atoms with Crippen molar-refractivity contribution in [2.45, 2.75) is 44.2 Å². The van der Waals surface area contributed by atoms with E-state index in [0.29, 0.717) is 24.8 Å². The van der Waals surface area contributed by atoms with Crippen molar-refractivity contribution >= 4 is 11.8 Å². The lowest BCUT2D eigenvalue weighted by molar-refractivity contribution is -0.143. The largest absolute Gasteiger partial charge is 0.340 e. The lowest BCUT2D eigenvalue weighted by atomic mass is 9.98. The zero-order chi connectivity index (χ0) is 17.4. The van der Waals surface area contributed by atoms with E-state index in [4.69, 9.17) is 5.73 Å². The highest BCUT2D eigenvalue weighted by Gasteiger charge is 2.45. The molecule has 1 aromatic carbocycles. The lowest BCUT2D eigenvalue weighted by Crippen LogP contribution is -2.48. The Balaban J connectivity index is 1.41. The fourth-order valence-electron chi connectivity index (χ4n) is 4.89. The molecule has 0 bridgehead atoms. The zero-order valence-electron chi connectivity index (χ0n) is 14.6. The van der Waals surface area contributed by atoms with Crippen LogP contribution >= 0.6 is 0 Å². The van der Waals surface area contributed by atoms with Crippen LogP contribution in [0.2, 0.25) is 0 Å². The van der Waals surface area contributed by atoms with Gasteiger partial charge in [0.1, 0.15) is 6.04 Å². The van der Waals surface area contributed by atoms with E-state index in [2.05, 4.69) is 0 Å². The van der Waals surface area contributed by atoms with Crippen LogP contribution in [-0.4, -0.2) is 53.3 Å². The summed E-state index contributed by atoms with van der Waals surface area (Å²) in [7, 11) is 0. The van der Waals surface area contributed by atoms with Crippen LogP contribution in [0.1, 0.15) is 31.2 Å². The van der Waals surface area contributed by atoms with Crippen LogP contribution < -0.4 is 5.73 Å². The summed E-state index contributed by atoms with van der Waals surface area (Å²) >= 11 is 0. The Labute approximate surface area is 149 Å². The third kappa shape index (κ3) is 3.17. The van der Waals surface area contributed by atoms with E-state index < -0.39 is 0 Å². The third-order valence-corrected chi connectivity index (χ3v) is 6.28. The molecule has 1 saturated carbocycles. The molecule has 2 saturated heterocycles. The van der Waals surface area contributed by atoms with E-state index in [9.17, 15) is 9.59 Å². The molecule has 0 aromatic heterocycles. The number of carbonyl (C=O) groups excluding carboxylic acids is 2. The van der Waals surface area contributed by atoms with Gasteiger partial charge < -0.3 is 15.5 Å². The molecule has 134 valence electrons. The van der Waals surface area contributed by atoms with Crippen molar-refractivity contribution in [1.82, 2.24) is 9.80 Å². The molecule has 25 heavy (non-hydrogen) atoms. The van der Waals surface area contributed by atoms with E-state index in [-0.39, 0.29) is 23.9 Å². The van der Waals surface area contributed by atoms with Gasteiger partial charge in [-0.25, -0.2) is 0 Å². The number of hydrogen-bond donors (Lipinski definition) is 1. The smallest absolute Gasteiger partial charge is 0.245 e. The number of nitrogens with two attached hydrogens (primary N) is 1. The van der Waals surface area contributed by atoms with Gasteiger partial charge in [-0.3, -0.25) is 9.59 Å². The van der Waals surface area contributed by atoms with Gasteiger partial charge in [0, 0.05) is 25.7 Å². The molecule has 1 aliphatic carbocycles. The maximum atomic E-state index is 13.0. The summed E-state index contributed by atoms with van der Waals surface area (Å²) < 4.78 is 0. The highest BCUT2D eigenvalue weighted by molar-refractivity contribution is 5.89. The number of rotatable bonds is 3. The lowest BCUT2D eigenvalue weighted by Gasteiger charge is -2.28. The normalized spacial score (nSPS) is 31.4. The molecule has 4 atom stereocenters. The highest BCUT2D eigenvalue weighted by atomic mass is 16.2. The maximum absolute atomic E-state index is 13.0. The second kappa shape index (κ2) is 6.79. The van der Waals surface area contributed by atoms with Crippen molar-refractivity contribution < 1.29 is 9.59 Å². The SMILES string of the molecule is NC1CCC2CN(C(=O)C3CCCN3C(=O)Cc3ccccc3)CC12. The maximum Gasteiger partial charge on any atom is 0.245 e. The number of hydrogen-bond acceptors (Lipinski definition) is 3. The minimum atomic E-state index is -0.272. The third-order valence-electron chi connectivity index (χ3n) is 6.28. The van der Waals surface area contributed by atoms with Gasteiger partial charge in [0.25, 0.3) is 0 Å². The molecule has 5 heteroatoms. The fourth-order valence-corrected chi connectivity index (χ4v) is 4.89. The summed E-state index contributed by atoms with van der Waals surface area (Å²) in [5.74, 6) is 1.23. The van der Waals surface area contributed by atoms with Crippen molar-refractivity contribution in [2.75, 3.05) is 19.6 Å². The first-order valence-electron chi connectivity index (χ1n) is 9.51. The molecule has 3 aliphatic rings. The van der Waals surface area contributed by atoms with Crippen LogP contribution in [0.25, 0.3) is 0 Å². The number of benzene rings is 1. The monoisotopic (exact) mass is 341 g/mol. The van der Waals surface area contributed by atoms with Crippen molar-refractivity contribution in [3.8, 4) is 0 Å². The van der Waals surface area contributed by atoms with Crippen LogP contribution in [-0.2, 0) is 16.0 Å². The van der Waals surface area contributed by atoms with E-state index in [0.717, 1.165) is 44.3 Å². The number of amides is 2. The Hall–Kier alpha value is -1.88. The fraction of sp³-hybridized carbons (Fsp3) is 0.600. The average molecular weight is 341 g/mol. The first kappa shape index (κ1) is 16.6. The molecule has 2 amide bonds. The summed E-state index contributed by atoms with van der Waals surface area (Å²) in [5.41, 5.74) is 7.20. The molecule has 2 N–H and O–H groups in total. The molecular formula is C20H27N3O2. The van der Waals surface area contributed by atoms with E-state index in [1.165, 1.54) is 0 Å². The van der Waals surface area contributed by atoms with Gasteiger partial charge in [-0.1, -0.05) is 30.3 Å². The van der Waals surface area contributed by atoms with Gasteiger partial charge in [-0.15, -0.1) is 0 Å². The van der Waals surface area contributed by atoms with Gasteiger partial charge in [0.2, 0.25) is 11.8 Å². The van der Waals surface area contributed by atoms with Crippen LogP contribution in [0.15, 0.2) is 30.3 Å². The number of likely N-dealkylation sites (tertiary alicyclic amines) is 2. The van der Waals surface area contributed by atoms with Gasteiger partial charge in [0.15, 0.2) is 0 Å². The molecule has 4 unspecified atom stereocenters. The number of fused-ring (bicyclic) bond motifs is 1. The van der Waals surface area contributed by atoms with Crippen LogP contribution in [0, 0.1) is 11.8 Å². The topological polar surface area (TPSA) is 66.6 Å².